The first-order valence-electron chi connectivity index (χ1n) is 5.44. The Labute approximate surface area is 138 Å². The van der Waals surface area contributed by atoms with Crippen molar-refractivity contribution < 1.29 is 13.2 Å². The van der Waals surface area contributed by atoms with E-state index in [1.54, 1.807) is 0 Å². The largest absolute Gasteiger partial charge is 0.398 e. The van der Waals surface area contributed by atoms with Gasteiger partial charge in [0.2, 0.25) is 0 Å². The third kappa shape index (κ3) is 3.54. The Morgan fingerprint density at radius 3 is 2.71 bits per heavy atom. The Morgan fingerprint density at radius 1 is 1.48 bits per heavy atom. The quantitative estimate of drug-likeness (QED) is 0.595. The van der Waals surface area contributed by atoms with Crippen LogP contribution < -0.4 is 10.5 Å². The van der Waals surface area contributed by atoms with Crippen LogP contribution in [-0.2, 0) is 10.0 Å². The number of aromatic nitrogens is 1. The lowest BCUT2D eigenvalue weighted by Gasteiger charge is -2.09. The van der Waals surface area contributed by atoms with Crippen molar-refractivity contribution in [3.63, 3.8) is 0 Å². The molecule has 0 spiro atoms. The third-order valence-corrected chi connectivity index (χ3v) is 6.02. The van der Waals surface area contributed by atoms with Gasteiger partial charge in [-0.15, -0.1) is 11.3 Å². The summed E-state index contributed by atoms with van der Waals surface area (Å²) in [4.78, 5) is 15.0. The topological polar surface area (TPSA) is 102 Å². The third-order valence-electron chi connectivity index (χ3n) is 2.41. The number of nitrogens with two attached hydrogens (primary N) is 1. The van der Waals surface area contributed by atoms with Crippen LogP contribution in [0, 0.1) is 0 Å². The van der Waals surface area contributed by atoms with Gasteiger partial charge >= 0.3 is 0 Å². The molecule has 2 rings (SSSR count). The van der Waals surface area contributed by atoms with Gasteiger partial charge in [-0.3, -0.25) is 9.52 Å². The van der Waals surface area contributed by atoms with Gasteiger partial charge in [0.15, 0.2) is 10.9 Å². The molecule has 0 aliphatic heterocycles. The molecule has 0 saturated carbocycles. The van der Waals surface area contributed by atoms with Gasteiger partial charge in [0.25, 0.3) is 10.0 Å². The number of Topliss-reactive ketones (excluding diaryl/α,β-unsaturated/α-hetero) is 1. The molecule has 0 fully saturated rings. The maximum absolute atomic E-state index is 12.3. The van der Waals surface area contributed by atoms with Crippen LogP contribution in [0.4, 0.5) is 10.8 Å². The fraction of sp³-hybridized carbons (Fsp3) is 0.0909. The Morgan fingerprint density at radius 2 is 2.14 bits per heavy atom. The zero-order valence-electron chi connectivity index (χ0n) is 10.6. The Hall–Kier alpha value is -1.16. The van der Waals surface area contributed by atoms with Gasteiger partial charge < -0.3 is 5.73 Å². The number of rotatable bonds is 4. The summed E-state index contributed by atoms with van der Waals surface area (Å²) in [5.41, 5.74) is 6.07. The van der Waals surface area contributed by atoms with Crippen molar-refractivity contribution >= 4 is 65.5 Å². The molecular weight excluding hydrogens is 402 g/mol. The molecule has 0 atom stereocenters. The van der Waals surface area contributed by atoms with E-state index in [9.17, 15) is 13.2 Å². The smallest absolute Gasteiger partial charge is 0.264 e. The van der Waals surface area contributed by atoms with Crippen molar-refractivity contribution in [3.05, 3.63) is 32.7 Å². The number of hydrogen-bond donors (Lipinski definition) is 2. The first-order chi connectivity index (χ1) is 9.70. The number of nitrogens with one attached hydrogen (secondary N) is 1. The number of carbonyl (C=O) groups is 1. The molecule has 2 aromatic rings. The van der Waals surface area contributed by atoms with E-state index in [0.717, 1.165) is 11.3 Å². The van der Waals surface area contributed by atoms with E-state index in [4.69, 9.17) is 17.3 Å². The van der Waals surface area contributed by atoms with Crippen LogP contribution in [0.5, 0.6) is 0 Å². The highest BCUT2D eigenvalue weighted by atomic mass is 79.9. The number of halogens is 2. The summed E-state index contributed by atoms with van der Waals surface area (Å²) < 4.78 is 27.2. The van der Waals surface area contributed by atoms with E-state index in [1.165, 1.54) is 24.4 Å². The van der Waals surface area contributed by atoms with Gasteiger partial charge in [0.05, 0.1) is 4.47 Å². The predicted molar refractivity (Wildman–Crippen MR) is 86.5 cm³/mol. The number of sulfonamides is 1. The second kappa shape index (κ2) is 5.91. The van der Waals surface area contributed by atoms with Crippen LogP contribution in [0.2, 0.25) is 5.02 Å². The van der Waals surface area contributed by atoms with Crippen LogP contribution in [0.3, 0.4) is 0 Å². The van der Waals surface area contributed by atoms with Crippen molar-refractivity contribution in [2.75, 3.05) is 10.5 Å². The molecule has 0 unspecified atom stereocenters. The fourth-order valence-electron chi connectivity index (χ4n) is 1.43. The normalized spacial score (nSPS) is 11.4. The summed E-state index contributed by atoms with van der Waals surface area (Å²) >= 11 is 9.96. The summed E-state index contributed by atoms with van der Waals surface area (Å²) in [6.45, 7) is 1.35. The van der Waals surface area contributed by atoms with Crippen molar-refractivity contribution in [2.24, 2.45) is 0 Å². The summed E-state index contributed by atoms with van der Waals surface area (Å²) in [6.07, 6.45) is 0. The minimum Gasteiger partial charge on any atom is -0.398 e. The number of carbonyl (C=O) groups excluding carboxylic acids is 1. The van der Waals surface area contributed by atoms with E-state index >= 15 is 0 Å². The predicted octanol–water partition coefficient (Wildman–Crippen LogP) is 3.14. The zero-order chi connectivity index (χ0) is 15.8. The lowest BCUT2D eigenvalue weighted by molar-refractivity contribution is 0.101. The van der Waals surface area contributed by atoms with Gasteiger partial charge in [-0.2, -0.15) is 0 Å². The highest BCUT2D eigenvalue weighted by molar-refractivity contribution is 9.10. The second-order valence-corrected chi connectivity index (χ2v) is 7.75. The second-order valence-electron chi connectivity index (χ2n) is 4.01. The van der Waals surface area contributed by atoms with Gasteiger partial charge in [-0.25, -0.2) is 13.4 Å². The van der Waals surface area contributed by atoms with Crippen molar-refractivity contribution in [1.82, 2.24) is 4.98 Å². The molecule has 10 heteroatoms. The minimum atomic E-state index is -3.93. The Balaban J connectivity index is 2.40. The maximum Gasteiger partial charge on any atom is 0.264 e. The maximum atomic E-state index is 12.3. The highest BCUT2D eigenvalue weighted by Gasteiger charge is 2.22. The van der Waals surface area contributed by atoms with Crippen molar-refractivity contribution in [3.8, 4) is 0 Å². The minimum absolute atomic E-state index is 0.0886. The first-order valence-corrected chi connectivity index (χ1v) is 8.98. The SMILES string of the molecule is CC(=O)c1csc(NS(=O)(=O)c2cc(Cl)cc(N)c2Br)n1. The summed E-state index contributed by atoms with van der Waals surface area (Å²) in [7, 11) is -3.93. The molecule has 1 aromatic heterocycles. The summed E-state index contributed by atoms with van der Waals surface area (Å²) in [5.74, 6) is -0.245. The van der Waals surface area contributed by atoms with Gasteiger partial charge in [-0.05, 0) is 28.1 Å². The molecule has 6 nitrogen and oxygen atoms in total. The summed E-state index contributed by atoms with van der Waals surface area (Å²) in [5, 5.41) is 1.76. The molecule has 1 aromatic carbocycles. The monoisotopic (exact) mass is 409 g/mol. The molecule has 1 heterocycles. The average molecular weight is 411 g/mol. The van der Waals surface area contributed by atoms with Crippen LogP contribution in [0.15, 0.2) is 26.9 Å². The highest BCUT2D eigenvalue weighted by Crippen LogP contribution is 2.32. The Kier molecular flexibility index (Phi) is 4.57. The number of ketones is 1. The van der Waals surface area contributed by atoms with Gasteiger partial charge in [0.1, 0.15) is 10.6 Å². The molecule has 3 N–H and O–H groups in total. The Bertz CT molecular complexity index is 820. The average Bonchev–Trinajstić information content (AvgIpc) is 2.81. The van der Waals surface area contributed by atoms with Crippen molar-refractivity contribution in [2.45, 2.75) is 11.8 Å². The molecule has 21 heavy (non-hydrogen) atoms. The van der Waals surface area contributed by atoms with Gasteiger partial charge in [0, 0.05) is 23.0 Å². The van der Waals surface area contributed by atoms with Crippen LogP contribution in [0.1, 0.15) is 17.4 Å². The number of hydrogen-bond acceptors (Lipinski definition) is 6. The van der Waals surface area contributed by atoms with Gasteiger partial charge in [-0.1, -0.05) is 11.6 Å². The molecule has 0 aliphatic carbocycles. The van der Waals surface area contributed by atoms with Crippen LogP contribution in [0.25, 0.3) is 0 Å². The number of nitrogens with zero attached hydrogens (tertiary/aromatic N) is 1. The lowest BCUT2D eigenvalue weighted by atomic mass is 10.3. The molecule has 0 amide bonds. The van der Waals surface area contributed by atoms with Crippen molar-refractivity contribution in [1.29, 1.82) is 0 Å². The van der Waals surface area contributed by atoms with Crippen LogP contribution >= 0.6 is 38.9 Å². The molecule has 0 saturated heterocycles. The molecule has 112 valence electrons. The van der Waals surface area contributed by atoms with E-state index in [0.29, 0.717) is 0 Å². The van der Waals surface area contributed by atoms with E-state index < -0.39 is 10.0 Å². The number of benzene rings is 1. The number of anilines is 2. The lowest BCUT2D eigenvalue weighted by Crippen LogP contribution is -2.14. The number of nitrogen functional groups attached to an aromatic ring is 1. The number of thiazole rings is 1. The van der Waals surface area contributed by atoms with E-state index in [2.05, 4.69) is 25.6 Å². The van der Waals surface area contributed by atoms with E-state index in [-0.39, 0.29) is 36.7 Å². The van der Waals surface area contributed by atoms with Crippen LogP contribution in [-0.4, -0.2) is 19.2 Å². The molecule has 0 radical (unpaired) electrons. The molecule has 0 bridgehead atoms. The van der Waals surface area contributed by atoms with E-state index in [1.807, 2.05) is 0 Å². The first kappa shape index (κ1) is 16.2. The zero-order valence-corrected chi connectivity index (χ0v) is 14.5. The fourth-order valence-corrected chi connectivity index (χ4v) is 4.73. The standard InChI is InChI=1S/C11H9BrClN3O3S2/c1-5(17)8-4-20-11(15-8)16-21(18,19)9-3-6(13)2-7(14)10(9)12/h2-4H,14H2,1H3,(H,15,16). The molecule has 0 aliphatic rings. The summed E-state index contributed by atoms with van der Waals surface area (Å²) in [6, 6.07) is 2.70. The molecular formula is C11H9BrClN3O3S2.